The molecule has 1 aromatic rings. The van der Waals surface area contributed by atoms with Crippen LogP contribution in [0.5, 0.6) is 0 Å². The Balaban J connectivity index is 1.90. The van der Waals surface area contributed by atoms with Crippen LogP contribution in [0.25, 0.3) is 0 Å². The summed E-state index contributed by atoms with van der Waals surface area (Å²) in [6.07, 6.45) is 3.11. The van der Waals surface area contributed by atoms with Crippen molar-refractivity contribution in [3.05, 3.63) is 22.4 Å². The first-order valence-electron chi connectivity index (χ1n) is 8.13. The van der Waals surface area contributed by atoms with Gasteiger partial charge in [-0.1, -0.05) is 6.07 Å². The van der Waals surface area contributed by atoms with E-state index in [0.717, 1.165) is 25.9 Å². The van der Waals surface area contributed by atoms with E-state index in [1.807, 2.05) is 25.7 Å². The predicted molar refractivity (Wildman–Crippen MR) is 91.3 cm³/mol. The highest BCUT2D eigenvalue weighted by Crippen LogP contribution is 2.22. The van der Waals surface area contributed by atoms with Gasteiger partial charge in [0.1, 0.15) is 5.60 Å². The Morgan fingerprint density at radius 1 is 1.50 bits per heavy atom. The molecule has 0 unspecified atom stereocenters. The van der Waals surface area contributed by atoms with Crippen LogP contribution in [0.3, 0.4) is 0 Å². The third kappa shape index (κ3) is 4.99. The number of ether oxygens (including phenoxy) is 1. The van der Waals surface area contributed by atoms with Gasteiger partial charge in [-0.25, -0.2) is 4.79 Å². The highest BCUT2D eigenvalue weighted by molar-refractivity contribution is 7.10. The molecule has 1 aliphatic rings. The lowest BCUT2D eigenvalue weighted by atomic mass is 10.0. The van der Waals surface area contributed by atoms with Gasteiger partial charge in [0.2, 0.25) is 0 Å². The summed E-state index contributed by atoms with van der Waals surface area (Å²) >= 11 is 1.76. The zero-order valence-corrected chi connectivity index (χ0v) is 14.9. The number of carbonyl (C=O) groups is 1. The molecule has 1 saturated heterocycles. The Labute approximate surface area is 137 Å². The molecule has 0 aromatic carbocycles. The van der Waals surface area contributed by atoms with Crippen molar-refractivity contribution >= 4 is 17.4 Å². The molecule has 5 heteroatoms. The molecule has 2 heterocycles. The number of amides is 1. The minimum atomic E-state index is -0.434. The van der Waals surface area contributed by atoms with Crippen molar-refractivity contribution < 1.29 is 9.53 Å². The van der Waals surface area contributed by atoms with E-state index in [2.05, 4.69) is 29.8 Å². The second kappa shape index (κ2) is 7.47. The zero-order chi connectivity index (χ0) is 16.2. The van der Waals surface area contributed by atoms with E-state index in [0.29, 0.717) is 6.04 Å². The van der Waals surface area contributed by atoms with Crippen LogP contribution in [0.1, 0.15) is 57.9 Å². The molecule has 1 aliphatic heterocycles. The molecule has 1 N–H and O–H groups in total. The van der Waals surface area contributed by atoms with Crippen molar-refractivity contribution in [2.45, 2.75) is 64.6 Å². The van der Waals surface area contributed by atoms with Crippen molar-refractivity contribution in [1.82, 2.24) is 10.2 Å². The SMILES string of the molecule is C[C@@H](NC[C@H]1CCCCN1C(=O)OC(C)(C)C)c1cccs1. The Bertz CT molecular complexity index is 468. The number of hydrogen-bond donors (Lipinski definition) is 1. The van der Waals surface area contributed by atoms with Crippen molar-refractivity contribution in [3.8, 4) is 0 Å². The van der Waals surface area contributed by atoms with Crippen LogP contribution < -0.4 is 5.32 Å². The van der Waals surface area contributed by atoms with Gasteiger partial charge < -0.3 is 15.0 Å². The smallest absolute Gasteiger partial charge is 0.410 e. The molecule has 2 rings (SSSR count). The quantitative estimate of drug-likeness (QED) is 0.903. The third-order valence-electron chi connectivity index (χ3n) is 3.88. The van der Waals surface area contributed by atoms with E-state index in [9.17, 15) is 4.79 Å². The summed E-state index contributed by atoms with van der Waals surface area (Å²) in [4.78, 5) is 15.6. The summed E-state index contributed by atoms with van der Waals surface area (Å²) in [5.74, 6) is 0. The van der Waals surface area contributed by atoms with Gasteiger partial charge in [0, 0.05) is 30.1 Å². The molecule has 22 heavy (non-hydrogen) atoms. The molecule has 0 saturated carbocycles. The number of likely N-dealkylation sites (tertiary alicyclic amines) is 1. The maximum absolute atomic E-state index is 12.4. The van der Waals surface area contributed by atoms with E-state index in [4.69, 9.17) is 4.74 Å². The van der Waals surface area contributed by atoms with Crippen molar-refractivity contribution in [2.24, 2.45) is 0 Å². The average molecular weight is 324 g/mol. The molecule has 0 spiro atoms. The van der Waals surface area contributed by atoms with Crippen LogP contribution in [-0.4, -0.2) is 35.7 Å². The summed E-state index contributed by atoms with van der Waals surface area (Å²) < 4.78 is 5.55. The van der Waals surface area contributed by atoms with Crippen LogP contribution in [0.4, 0.5) is 4.79 Å². The van der Waals surface area contributed by atoms with Crippen LogP contribution >= 0.6 is 11.3 Å². The fourth-order valence-electron chi connectivity index (χ4n) is 2.72. The fourth-order valence-corrected chi connectivity index (χ4v) is 3.48. The summed E-state index contributed by atoms with van der Waals surface area (Å²) in [6.45, 7) is 9.54. The van der Waals surface area contributed by atoms with Gasteiger partial charge in [-0.2, -0.15) is 0 Å². The van der Waals surface area contributed by atoms with Crippen LogP contribution in [0, 0.1) is 0 Å². The molecule has 124 valence electrons. The van der Waals surface area contributed by atoms with E-state index in [1.165, 1.54) is 11.3 Å². The molecule has 1 aromatic heterocycles. The molecular weight excluding hydrogens is 296 g/mol. The first-order valence-corrected chi connectivity index (χ1v) is 9.01. The molecule has 0 radical (unpaired) electrons. The van der Waals surface area contributed by atoms with Crippen LogP contribution in [0.2, 0.25) is 0 Å². The van der Waals surface area contributed by atoms with Crippen LogP contribution in [-0.2, 0) is 4.74 Å². The second-order valence-corrected chi connectivity index (χ2v) is 7.95. The summed E-state index contributed by atoms with van der Waals surface area (Å²) in [5, 5.41) is 5.66. The molecule has 1 amide bonds. The maximum Gasteiger partial charge on any atom is 0.410 e. The highest BCUT2D eigenvalue weighted by Gasteiger charge is 2.30. The minimum Gasteiger partial charge on any atom is -0.444 e. The molecule has 2 atom stereocenters. The average Bonchev–Trinajstić information content (AvgIpc) is 2.97. The van der Waals surface area contributed by atoms with E-state index >= 15 is 0 Å². The van der Waals surface area contributed by atoms with Crippen molar-refractivity contribution in [2.75, 3.05) is 13.1 Å². The van der Waals surface area contributed by atoms with Crippen molar-refractivity contribution in [3.63, 3.8) is 0 Å². The predicted octanol–water partition coefficient (Wildman–Crippen LogP) is 4.19. The summed E-state index contributed by atoms with van der Waals surface area (Å²) in [6, 6.07) is 4.77. The Morgan fingerprint density at radius 2 is 2.27 bits per heavy atom. The lowest BCUT2D eigenvalue weighted by Crippen LogP contribution is -2.50. The third-order valence-corrected chi connectivity index (χ3v) is 4.94. The van der Waals surface area contributed by atoms with Gasteiger partial charge in [0.25, 0.3) is 0 Å². The number of nitrogens with zero attached hydrogens (tertiary/aromatic N) is 1. The normalized spacial score (nSPS) is 20.7. The lowest BCUT2D eigenvalue weighted by Gasteiger charge is -2.37. The number of hydrogen-bond acceptors (Lipinski definition) is 4. The van der Waals surface area contributed by atoms with Gasteiger partial charge >= 0.3 is 6.09 Å². The molecule has 0 bridgehead atoms. The number of thiophene rings is 1. The number of rotatable bonds is 4. The zero-order valence-electron chi connectivity index (χ0n) is 14.1. The highest BCUT2D eigenvalue weighted by atomic mass is 32.1. The standard InChI is InChI=1S/C17H28N2O2S/c1-13(15-9-7-11-22-15)18-12-14-8-5-6-10-19(14)16(20)21-17(2,3)4/h7,9,11,13-14,18H,5-6,8,10,12H2,1-4H3/t13-,14-/m1/s1. The van der Waals surface area contributed by atoms with Gasteiger partial charge in [-0.3, -0.25) is 0 Å². The van der Waals surface area contributed by atoms with Gasteiger partial charge in [-0.05, 0) is 58.4 Å². The molecule has 4 nitrogen and oxygen atoms in total. The topological polar surface area (TPSA) is 41.6 Å². The summed E-state index contributed by atoms with van der Waals surface area (Å²) in [7, 11) is 0. The number of carbonyl (C=O) groups excluding carboxylic acids is 1. The van der Waals surface area contributed by atoms with E-state index in [-0.39, 0.29) is 12.1 Å². The lowest BCUT2D eigenvalue weighted by molar-refractivity contribution is 0.00971. The molecule has 0 aliphatic carbocycles. The summed E-state index contributed by atoms with van der Waals surface area (Å²) in [5.41, 5.74) is -0.434. The fraction of sp³-hybridized carbons (Fsp3) is 0.706. The monoisotopic (exact) mass is 324 g/mol. The van der Waals surface area contributed by atoms with Gasteiger partial charge in [0.05, 0.1) is 0 Å². The Morgan fingerprint density at radius 3 is 2.91 bits per heavy atom. The van der Waals surface area contributed by atoms with Gasteiger partial charge in [-0.15, -0.1) is 11.3 Å². The number of nitrogens with one attached hydrogen (secondary N) is 1. The van der Waals surface area contributed by atoms with Gasteiger partial charge in [0.15, 0.2) is 0 Å². The Kier molecular flexibility index (Phi) is 5.87. The number of piperidine rings is 1. The molecule has 1 fully saturated rings. The first kappa shape index (κ1) is 17.3. The second-order valence-electron chi connectivity index (χ2n) is 6.97. The van der Waals surface area contributed by atoms with Crippen LogP contribution in [0.15, 0.2) is 17.5 Å². The van der Waals surface area contributed by atoms with E-state index < -0.39 is 5.60 Å². The Hall–Kier alpha value is -1.07. The minimum absolute atomic E-state index is 0.178. The van der Waals surface area contributed by atoms with E-state index in [1.54, 1.807) is 11.3 Å². The maximum atomic E-state index is 12.4. The first-order chi connectivity index (χ1) is 10.4. The largest absolute Gasteiger partial charge is 0.444 e. The molecular formula is C17H28N2O2S. The van der Waals surface area contributed by atoms with Crippen molar-refractivity contribution in [1.29, 1.82) is 0 Å².